The number of aromatic amines is 1. The summed E-state index contributed by atoms with van der Waals surface area (Å²) in [5, 5.41) is 6.28. The molecule has 2 rings (SSSR count). The van der Waals surface area contributed by atoms with Crippen molar-refractivity contribution in [1.29, 1.82) is 0 Å². The monoisotopic (exact) mass is 231 g/mol. The van der Waals surface area contributed by atoms with Crippen LogP contribution in [0.1, 0.15) is 6.42 Å². The van der Waals surface area contributed by atoms with E-state index >= 15 is 0 Å². The third-order valence-electron chi connectivity index (χ3n) is 2.45. The van der Waals surface area contributed by atoms with Crippen LogP contribution in [0.4, 0.5) is 5.95 Å². The molecule has 3 N–H and O–H groups in total. The Morgan fingerprint density at radius 2 is 2.06 bits per heavy atom. The lowest BCUT2D eigenvalue weighted by Crippen LogP contribution is -2.13. The lowest BCUT2D eigenvalue weighted by Gasteiger charge is -2.04. The number of nitrogens with one attached hydrogen (secondary N) is 3. The number of nitrogens with zero attached hydrogens (tertiary/aromatic N) is 2. The van der Waals surface area contributed by atoms with E-state index in [0.29, 0.717) is 5.95 Å². The predicted octanol–water partition coefficient (Wildman–Crippen LogP) is 1.49. The van der Waals surface area contributed by atoms with Gasteiger partial charge in [0.2, 0.25) is 5.95 Å². The predicted molar refractivity (Wildman–Crippen MR) is 68.9 cm³/mol. The molecular formula is C12H17N5. The van der Waals surface area contributed by atoms with Gasteiger partial charge in [0.25, 0.3) is 0 Å². The molecular weight excluding hydrogens is 214 g/mol. The molecule has 0 aliphatic heterocycles. The van der Waals surface area contributed by atoms with Crippen molar-refractivity contribution in [3.63, 3.8) is 0 Å². The number of aromatic nitrogens is 3. The Bertz CT molecular complexity index is 421. The van der Waals surface area contributed by atoms with E-state index in [9.17, 15) is 0 Å². The molecule has 5 heteroatoms. The Morgan fingerprint density at radius 1 is 1.24 bits per heavy atom. The van der Waals surface area contributed by atoms with Gasteiger partial charge in [-0.25, -0.2) is 9.97 Å². The van der Waals surface area contributed by atoms with E-state index in [0.717, 1.165) is 30.8 Å². The molecule has 90 valence electrons. The van der Waals surface area contributed by atoms with Crippen LogP contribution >= 0.6 is 0 Å². The largest absolute Gasteiger partial charge is 0.361 e. The van der Waals surface area contributed by atoms with Crippen molar-refractivity contribution in [2.24, 2.45) is 0 Å². The Morgan fingerprint density at radius 3 is 2.71 bits per heavy atom. The summed E-state index contributed by atoms with van der Waals surface area (Å²) >= 11 is 0. The summed E-state index contributed by atoms with van der Waals surface area (Å²) in [6.07, 6.45) is 6.58. The van der Waals surface area contributed by atoms with Crippen molar-refractivity contribution in [2.75, 3.05) is 25.5 Å². The molecule has 0 aliphatic rings. The van der Waals surface area contributed by atoms with Crippen molar-refractivity contribution in [3.05, 3.63) is 30.7 Å². The van der Waals surface area contributed by atoms with E-state index in [1.54, 1.807) is 0 Å². The zero-order valence-corrected chi connectivity index (χ0v) is 9.90. The maximum Gasteiger partial charge on any atom is 0.222 e. The summed E-state index contributed by atoms with van der Waals surface area (Å²) in [5.41, 5.74) is 2.03. The molecule has 0 unspecified atom stereocenters. The van der Waals surface area contributed by atoms with Gasteiger partial charge in [-0.3, -0.25) is 0 Å². The zero-order chi connectivity index (χ0) is 11.9. The van der Waals surface area contributed by atoms with Crippen LogP contribution in [0.2, 0.25) is 0 Å². The quantitative estimate of drug-likeness (QED) is 0.659. The van der Waals surface area contributed by atoms with Gasteiger partial charge in [-0.2, -0.15) is 0 Å². The van der Waals surface area contributed by atoms with Crippen molar-refractivity contribution in [3.8, 4) is 11.3 Å². The molecule has 0 bridgehead atoms. The van der Waals surface area contributed by atoms with Gasteiger partial charge in [-0.1, -0.05) is 0 Å². The number of H-pyrrole nitrogens is 1. The average molecular weight is 231 g/mol. The van der Waals surface area contributed by atoms with Gasteiger partial charge in [0, 0.05) is 36.4 Å². The molecule has 0 aromatic carbocycles. The molecule has 2 aromatic rings. The second kappa shape index (κ2) is 6.00. The topological polar surface area (TPSA) is 65.6 Å². The van der Waals surface area contributed by atoms with Gasteiger partial charge in [-0.15, -0.1) is 0 Å². The third-order valence-corrected chi connectivity index (χ3v) is 2.45. The smallest absolute Gasteiger partial charge is 0.222 e. The second-order valence-corrected chi connectivity index (χ2v) is 3.76. The lowest BCUT2D eigenvalue weighted by atomic mass is 10.2. The molecule has 0 saturated heterocycles. The van der Waals surface area contributed by atoms with Gasteiger partial charge < -0.3 is 15.6 Å². The van der Waals surface area contributed by atoms with Crippen LogP contribution in [-0.2, 0) is 0 Å². The van der Waals surface area contributed by atoms with Crippen molar-refractivity contribution in [2.45, 2.75) is 6.42 Å². The summed E-state index contributed by atoms with van der Waals surface area (Å²) in [4.78, 5) is 11.7. The number of rotatable bonds is 6. The molecule has 0 spiro atoms. The third kappa shape index (κ3) is 3.29. The molecule has 5 nitrogen and oxygen atoms in total. The molecule has 17 heavy (non-hydrogen) atoms. The standard InChI is InChI=1S/C12H17N5/c1-13-5-3-7-15-12-16-8-10(9-17-12)11-4-2-6-14-11/h2,4,6,8-9,13-14H,3,5,7H2,1H3,(H,15,16,17). The van der Waals surface area contributed by atoms with Gasteiger partial charge in [0.15, 0.2) is 0 Å². The van der Waals surface area contributed by atoms with E-state index in [1.165, 1.54) is 0 Å². The fourth-order valence-corrected chi connectivity index (χ4v) is 1.53. The van der Waals surface area contributed by atoms with E-state index in [-0.39, 0.29) is 0 Å². The summed E-state index contributed by atoms with van der Waals surface area (Å²) in [6, 6.07) is 3.96. The maximum absolute atomic E-state index is 4.27. The summed E-state index contributed by atoms with van der Waals surface area (Å²) < 4.78 is 0. The highest BCUT2D eigenvalue weighted by molar-refractivity contribution is 5.57. The van der Waals surface area contributed by atoms with Crippen LogP contribution in [0.15, 0.2) is 30.7 Å². The Labute approximate surface area is 101 Å². The van der Waals surface area contributed by atoms with Crippen LogP contribution in [-0.4, -0.2) is 35.1 Å². The normalized spacial score (nSPS) is 10.4. The van der Waals surface area contributed by atoms with E-state index < -0.39 is 0 Å². The second-order valence-electron chi connectivity index (χ2n) is 3.76. The summed E-state index contributed by atoms with van der Waals surface area (Å²) in [6.45, 7) is 1.87. The minimum absolute atomic E-state index is 0.677. The van der Waals surface area contributed by atoms with E-state index in [1.807, 2.05) is 37.8 Å². The number of hydrogen-bond acceptors (Lipinski definition) is 4. The van der Waals surface area contributed by atoms with Gasteiger partial charge >= 0.3 is 0 Å². The summed E-state index contributed by atoms with van der Waals surface area (Å²) in [5.74, 6) is 0.677. The summed E-state index contributed by atoms with van der Waals surface area (Å²) in [7, 11) is 1.95. The molecule has 0 atom stereocenters. The molecule has 0 saturated carbocycles. The zero-order valence-electron chi connectivity index (χ0n) is 9.90. The fourth-order valence-electron chi connectivity index (χ4n) is 1.53. The molecule has 2 heterocycles. The maximum atomic E-state index is 4.27. The molecule has 0 fully saturated rings. The van der Waals surface area contributed by atoms with Crippen LogP contribution in [0.25, 0.3) is 11.3 Å². The fraction of sp³-hybridized carbons (Fsp3) is 0.333. The first-order chi connectivity index (χ1) is 8.40. The minimum Gasteiger partial charge on any atom is -0.361 e. The SMILES string of the molecule is CNCCCNc1ncc(-c2ccc[nH]2)cn1. The molecule has 0 amide bonds. The Kier molecular flexibility index (Phi) is 4.10. The Balaban J connectivity index is 1.90. The van der Waals surface area contributed by atoms with Crippen LogP contribution in [0.5, 0.6) is 0 Å². The number of anilines is 1. The highest BCUT2D eigenvalue weighted by Crippen LogP contribution is 2.14. The van der Waals surface area contributed by atoms with Gasteiger partial charge in [-0.05, 0) is 32.1 Å². The van der Waals surface area contributed by atoms with Gasteiger partial charge in [0.1, 0.15) is 0 Å². The minimum atomic E-state index is 0.677. The van der Waals surface area contributed by atoms with E-state index in [4.69, 9.17) is 0 Å². The molecule has 0 aliphatic carbocycles. The van der Waals surface area contributed by atoms with Crippen LogP contribution < -0.4 is 10.6 Å². The van der Waals surface area contributed by atoms with E-state index in [2.05, 4.69) is 25.6 Å². The Hall–Kier alpha value is -1.88. The molecule has 0 radical (unpaired) electrons. The van der Waals surface area contributed by atoms with Gasteiger partial charge in [0.05, 0.1) is 0 Å². The van der Waals surface area contributed by atoms with Crippen molar-refractivity contribution < 1.29 is 0 Å². The average Bonchev–Trinajstić information content (AvgIpc) is 2.89. The van der Waals surface area contributed by atoms with Crippen molar-refractivity contribution in [1.82, 2.24) is 20.3 Å². The first-order valence-electron chi connectivity index (χ1n) is 5.74. The first-order valence-corrected chi connectivity index (χ1v) is 5.74. The van der Waals surface area contributed by atoms with Crippen molar-refractivity contribution >= 4 is 5.95 Å². The highest BCUT2D eigenvalue weighted by atomic mass is 15.1. The van der Waals surface area contributed by atoms with Crippen LogP contribution in [0.3, 0.4) is 0 Å². The first kappa shape index (κ1) is 11.6. The lowest BCUT2D eigenvalue weighted by molar-refractivity contribution is 0.745. The number of hydrogen-bond donors (Lipinski definition) is 3. The molecule has 2 aromatic heterocycles. The van der Waals surface area contributed by atoms with Crippen LogP contribution in [0, 0.1) is 0 Å². The highest BCUT2D eigenvalue weighted by Gasteiger charge is 2.00.